The molecule has 1 aromatic carbocycles. The van der Waals surface area contributed by atoms with Crippen molar-refractivity contribution in [1.82, 2.24) is 4.98 Å². The standard InChI is InChI=1S/C17H18BrNO2/c1-9(2)10-6-7-13-11(8-10)15(17(20)21)16-12(18)4-3-5-14(16)19-13/h3-5,9-10H,6-8H2,1-2H3,(H,20,21). The Morgan fingerprint density at radius 2 is 2.19 bits per heavy atom. The second kappa shape index (κ2) is 5.41. The lowest BCUT2D eigenvalue weighted by Gasteiger charge is -2.28. The fourth-order valence-corrected chi connectivity index (χ4v) is 3.83. The smallest absolute Gasteiger partial charge is 0.336 e. The van der Waals surface area contributed by atoms with Crippen LogP contribution in [-0.2, 0) is 12.8 Å². The van der Waals surface area contributed by atoms with Gasteiger partial charge in [0.2, 0.25) is 0 Å². The molecule has 21 heavy (non-hydrogen) atoms. The van der Waals surface area contributed by atoms with E-state index in [1.54, 1.807) is 0 Å². The Balaban J connectivity index is 2.29. The maximum atomic E-state index is 11.9. The quantitative estimate of drug-likeness (QED) is 0.872. The average Bonchev–Trinajstić information content (AvgIpc) is 2.44. The largest absolute Gasteiger partial charge is 0.478 e. The number of benzene rings is 1. The number of nitrogens with zero attached hydrogens (tertiary/aromatic N) is 1. The maximum absolute atomic E-state index is 11.9. The number of carboxylic acids is 1. The highest BCUT2D eigenvalue weighted by Crippen LogP contribution is 2.36. The van der Waals surface area contributed by atoms with Gasteiger partial charge in [0.05, 0.1) is 11.1 Å². The van der Waals surface area contributed by atoms with Gasteiger partial charge >= 0.3 is 5.97 Å². The van der Waals surface area contributed by atoms with Crippen LogP contribution in [0.3, 0.4) is 0 Å². The third-order valence-corrected chi connectivity index (χ3v) is 5.18. The predicted molar refractivity (Wildman–Crippen MR) is 86.8 cm³/mol. The van der Waals surface area contributed by atoms with Crippen molar-refractivity contribution >= 4 is 32.8 Å². The Labute approximate surface area is 132 Å². The molecule has 1 aliphatic rings. The zero-order valence-electron chi connectivity index (χ0n) is 12.2. The SMILES string of the molecule is CC(C)C1CCc2nc3cccc(Br)c3c(C(=O)O)c2C1. The first-order valence-electron chi connectivity index (χ1n) is 7.32. The van der Waals surface area contributed by atoms with Crippen LogP contribution in [0.15, 0.2) is 22.7 Å². The minimum absolute atomic E-state index is 0.438. The van der Waals surface area contributed by atoms with Gasteiger partial charge in [0, 0.05) is 15.6 Å². The van der Waals surface area contributed by atoms with E-state index in [1.165, 1.54) is 0 Å². The lowest BCUT2D eigenvalue weighted by atomic mass is 9.78. The highest BCUT2D eigenvalue weighted by Gasteiger charge is 2.28. The average molecular weight is 348 g/mol. The van der Waals surface area contributed by atoms with E-state index in [0.717, 1.165) is 45.9 Å². The summed E-state index contributed by atoms with van der Waals surface area (Å²) in [6.07, 6.45) is 2.79. The Kier molecular flexibility index (Phi) is 3.74. The third kappa shape index (κ3) is 2.46. The van der Waals surface area contributed by atoms with Crippen LogP contribution in [0, 0.1) is 11.8 Å². The minimum Gasteiger partial charge on any atom is -0.478 e. The number of aromatic carboxylic acids is 1. The Morgan fingerprint density at radius 1 is 1.43 bits per heavy atom. The summed E-state index contributed by atoms with van der Waals surface area (Å²) in [4.78, 5) is 16.6. The lowest BCUT2D eigenvalue weighted by Crippen LogP contribution is -2.23. The third-order valence-electron chi connectivity index (χ3n) is 4.52. The molecule has 0 bridgehead atoms. The summed E-state index contributed by atoms with van der Waals surface area (Å²) >= 11 is 3.48. The molecule has 0 saturated heterocycles. The van der Waals surface area contributed by atoms with Gasteiger partial charge in [0.15, 0.2) is 0 Å². The van der Waals surface area contributed by atoms with Gasteiger partial charge in [-0.3, -0.25) is 4.98 Å². The van der Waals surface area contributed by atoms with Crippen molar-refractivity contribution in [3.63, 3.8) is 0 Å². The number of carboxylic acid groups (broad SMARTS) is 1. The van der Waals surface area contributed by atoms with E-state index in [9.17, 15) is 9.90 Å². The van der Waals surface area contributed by atoms with E-state index >= 15 is 0 Å². The Hall–Kier alpha value is -1.42. The van der Waals surface area contributed by atoms with Crippen LogP contribution in [0.5, 0.6) is 0 Å². The van der Waals surface area contributed by atoms with Crippen molar-refractivity contribution in [3.05, 3.63) is 39.5 Å². The number of hydrogen-bond acceptors (Lipinski definition) is 2. The normalized spacial score (nSPS) is 18.0. The molecule has 3 nitrogen and oxygen atoms in total. The molecule has 1 atom stereocenters. The monoisotopic (exact) mass is 347 g/mol. The Morgan fingerprint density at radius 3 is 2.86 bits per heavy atom. The van der Waals surface area contributed by atoms with Crippen LogP contribution in [-0.4, -0.2) is 16.1 Å². The van der Waals surface area contributed by atoms with E-state index < -0.39 is 5.97 Å². The van der Waals surface area contributed by atoms with Gasteiger partial charge < -0.3 is 5.11 Å². The molecule has 0 spiro atoms. The van der Waals surface area contributed by atoms with Gasteiger partial charge in [0.25, 0.3) is 0 Å². The van der Waals surface area contributed by atoms with Crippen molar-refractivity contribution in [2.75, 3.05) is 0 Å². The molecular formula is C17H18BrNO2. The van der Waals surface area contributed by atoms with Crippen LogP contribution in [0.25, 0.3) is 10.9 Å². The van der Waals surface area contributed by atoms with E-state index in [-0.39, 0.29) is 0 Å². The van der Waals surface area contributed by atoms with E-state index in [2.05, 4.69) is 29.8 Å². The number of rotatable bonds is 2. The summed E-state index contributed by atoms with van der Waals surface area (Å²) in [5.74, 6) is 0.252. The van der Waals surface area contributed by atoms with E-state index in [0.29, 0.717) is 17.4 Å². The first kappa shape index (κ1) is 14.5. The molecule has 4 heteroatoms. The number of aromatic nitrogens is 1. The van der Waals surface area contributed by atoms with Crippen molar-refractivity contribution in [2.24, 2.45) is 11.8 Å². The summed E-state index contributed by atoms with van der Waals surface area (Å²) in [6.45, 7) is 4.42. The van der Waals surface area contributed by atoms with Gasteiger partial charge in [-0.15, -0.1) is 0 Å². The van der Waals surface area contributed by atoms with Crippen molar-refractivity contribution in [2.45, 2.75) is 33.1 Å². The zero-order valence-corrected chi connectivity index (χ0v) is 13.8. The Bertz CT molecular complexity index is 724. The predicted octanol–water partition coefficient (Wildman–Crippen LogP) is 4.46. The second-order valence-electron chi connectivity index (χ2n) is 6.10. The van der Waals surface area contributed by atoms with Crippen LogP contribution >= 0.6 is 15.9 Å². The molecule has 0 radical (unpaired) electrons. The number of aryl methyl sites for hydroxylation is 1. The first-order valence-corrected chi connectivity index (χ1v) is 8.11. The molecule has 1 heterocycles. The fourth-order valence-electron chi connectivity index (χ4n) is 3.28. The van der Waals surface area contributed by atoms with E-state index in [4.69, 9.17) is 4.98 Å². The molecule has 0 amide bonds. The van der Waals surface area contributed by atoms with Gasteiger partial charge in [-0.1, -0.05) is 35.8 Å². The van der Waals surface area contributed by atoms with Gasteiger partial charge in [-0.25, -0.2) is 4.79 Å². The molecule has 1 aromatic heterocycles. The molecule has 0 saturated carbocycles. The molecule has 0 fully saturated rings. The molecular weight excluding hydrogens is 330 g/mol. The first-order chi connectivity index (χ1) is 9.99. The summed E-state index contributed by atoms with van der Waals surface area (Å²) in [6, 6.07) is 5.67. The number of halogens is 1. The molecule has 0 aliphatic heterocycles. The lowest BCUT2D eigenvalue weighted by molar-refractivity contribution is 0.0696. The van der Waals surface area contributed by atoms with Gasteiger partial charge in [-0.2, -0.15) is 0 Å². The molecule has 2 aromatic rings. The number of pyridine rings is 1. The molecule has 1 unspecified atom stereocenters. The summed E-state index contributed by atoms with van der Waals surface area (Å²) in [5.41, 5.74) is 3.11. The van der Waals surface area contributed by atoms with Crippen molar-refractivity contribution < 1.29 is 9.90 Å². The topological polar surface area (TPSA) is 50.2 Å². The number of hydrogen-bond donors (Lipinski definition) is 1. The van der Waals surface area contributed by atoms with E-state index in [1.807, 2.05) is 18.2 Å². The minimum atomic E-state index is -0.852. The summed E-state index contributed by atoms with van der Waals surface area (Å²) in [5, 5.41) is 10.5. The zero-order chi connectivity index (χ0) is 15.1. The van der Waals surface area contributed by atoms with Crippen LogP contribution in [0.4, 0.5) is 0 Å². The molecule has 1 N–H and O–H groups in total. The fraction of sp³-hybridized carbons (Fsp3) is 0.412. The highest BCUT2D eigenvalue weighted by molar-refractivity contribution is 9.10. The summed E-state index contributed by atoms with van der Waals surface area (Å²) in [7, 11) is 0. The van der Waals surface area contributed by atoms with Crippen molar-refractivity contribution in [1.29, 1.82) is 0 Å². The van der Waals surface area contributed by atoms with Gasteiger partial charge in [0.1, 0.15) is 0 Å². The van der Waals surface area contributed by atoms with Crippen LogP contribution in [0.2, 0.25) is 0 Å². The summed E-state index contributed by atoms with van der Waals surface area (Å²) < 4.78 is 0.805. The van der Waals surface area contributed by atoms with Gasteiger partial charge in [-0.05, 0) is 48.8 Å². The number of carbonyl (C=O) groups is 1. The molecule has 3 rings (SSSR count). The molecule has 1 aliphatic carbocycles. The number of fused-ring (bicyclic) bond motifs is 2. The maximum Gasteiger partial charge on any atom is 0.336 e. The highest BCUT2D eigenvalue weighted by atomic mass is 79.9. The molecule has 110 valence electrons. The van der Waals surface area contributed by atoms with Crippen LogP contribution < -0.4 is 0 Å². The van der Waals surface area contributed by atoms with Crippen molar-refractivity contribution in [3.8, 4) is 0 Å². The second-order valence-corrected chi connectivity index (χ2v) is 6.95. The van der Waals surface area contributed by atoms with Crippen LogP contribution in [0.1, 0.15) is 41.9 Å².